The van der Waals surface area contributed by atoms with E-state index in [2.05, 4.69) is 12.2 Å². The molecule has 0 aliphatic carbocycles. The molecule has 0 fully saturated rings. The number of nitrogens with one attached hydrogen (secondary N) is 1. The summed E-state index contributed by atoms with van der Waals surface area (Å²) in [6, 6.07) is -0.463. The van der Waals surface area contributed by atoms with E-state index in [9.17, 15) is 13.2 Å². The molecule has 0 aromatic heterocycles. The molecule has 4 heteroatoms. The quantitative estimate of drug-likeness (QED) is 0.516. The Hall–Kier alpha value is -0.250. The van der Waals surface area contributed by atoms with Gasteiger partial charge in [-0.1, -0.05) is 51.9 Å². The fraction of sp³-hybridized carbons (Fsp3) is 1.00. The fourth-order valence-electron chi connectivity index (χ4n) is 2.03. The molecule has 0 aromatic rings. The molecular formula is C14H28F3N. The predicted octanol–water partition coefficient (Wildman–Crippen LogP) is 5.06. The summed E-state index contributed by atoms with van der Waals surface area (Å²) in [5.74, 6) is 0. The molecule has 1 nitrogen and oxygen atoms in total. The molecule has 0 aliphatic rings. The summed E-state index contributed by atoms with van der Waals surface area (Å²) in [6.07, 6.45) is 4.99. The fourth-order valence-corrected chi connectivity index (χ4v) is 2.03. The van der Waals surface area contributed by atoms with E-state index in [0.29, 0.717) is 6.54 Å². The first kappa shape index (κ1) is 17.8. The van der Waals surface area contributed by atoms with Crippen molar-refractivity contribution in [3.8, 4) is 0 Å². The largest absolute Gasteiger partial charge is 0.390 e. The Balaban J connectivity index is 3.20. The average Bonchev–Trinajstić information content (AvgIpc) is 2.24. The van der Waals surface area contributed by atoms with Crippen molar-refractivity contribution in [2.75, 3.05) is 6.54 Å². The lowest BCUT2D eigenvalue weighted by molar-refractivity contribution is -0.139. The Morgan fingerprint density at radius 2 is 1.39 bits per heavy atom. The summed E-state index contributed by atoms with van der Waals surface area (Å²) in [5.41, 5.74) is 0. The second kappa shape index (κ2) is 10.7. The molecule has 0 saturated carbocycles. The Kier molecular flexibility index (Phi) is 10.5. The van der Waals surface area contributed by atoms with Gasteiger partial charge in [-0.05, 0) is 19.9 Å². The molecule has 0 saturated heterocycles. The van der Waals surface area contributed by atoms with E-state index in [-0.39, 0.29) is 0 Å². The van der Waals surface area contributed by atoms with Gasteiger partial charge in [0.25, 0.3) is 0 Å². The zero-order valence-corrected chi connectivity index (χ0v) is 11.8. The number of hydrogen-bond donors (Lipinski definition) is 1. The highest BCUT2D eigenvalue weighted by molar-refractivity contribution is 4.65. The molecule has 0 rings (SSSR count). The normalized spacial score (nSPS) is 13.8. The molecule has 0 amide bonds. The summed E-state index contributed by atoms with van der Waals surface area (Å²) in [6.45, 7) is 4.50. The Bertz CT molecular complexity index is 180. The van der Waals surface area contributed by atoms with E-state index in [4.69, 9.17) is 0 Å². The number of alkyl halides is 3. The molecule has 0 bridgehead atoms. The van der Waals surface area contributed by atoms with Crippen LogP contribution in [0.4, 0.5) is 13.2 Å². The van der Waals surface area contributed by atoms with E-state index in [0.717, 1.165) is 12.8 Å². The minimum Gasteiger partial charge on any atom is -0.314 e. The van der Waals surface area contributed by atoms with Crippen LogP contribution >= 0.6 is 0 Å². The van der Waals surface area contributed by atoms with Crippen molar-refractivity contribution >= 4 is 0 Å². The highest BCUT2D eigenvalue weighted by atomic mass is 19.4. The minimum absolute atomic E-state index is 0.463. The van der Waals surface area contributed by atoms with Crippen molar-refractivity contribution in [3.63, 3.8) is 0 Å². The molecule has 0 aliphatic heterocycles. The molecular weight excluding hydrogens is 239 g/mol. The third-order valence-corrected chi connectivity index (χ3v) is 3.06. The van der Waals surface area contributed by atoms with Crippen molar-refractivity contribution < 1.29 is 13.2 Å². The zero-order chi connectivity index (χ0) is 13.9. The van der Waals surface area contributed by atoms with Gasteiger partial charge in [-0.3, -0.25) is 0 Å². The molecule has 0 aromatic carbocycles. The van der Waals surface area contributed by atoms with Gasteiger partial charge < -0.3 is 5.32 Å². The van der Waals surface area contributed by atoms with E-state index in [1.807, 2.05) is 0 Å². The molecule has 1 unspecified atom stereocenters. The third-order valence-electron chi connectivity index (χ3n) is 3.06. The van der Waals surface area contributed by atoms with Crippen molar-refractivity contribution in [1.29, 1.82) is 0 Å². The van der Waals surface area contributed by atoms with Crippen LogP contribution in [0, 0.1) is 0 Å². The second-order valence-electron chi connectivity index (χ2n) is 5.15. The van der Waals surface area contributed by atoms with Crippen molar-refractivity contribution in [2.24, 2.45) is 0 Å². The Morgan fingerprint density at radius 1 is 0.889 bits per heavy atom. The van der Waals surface area contributed by atoms with Crippen LogP contribution in [0.2, 0.25) is 0 Å². The van der Waals surface area contributed by atoms with Crippen molar-refractivity contribution in [1.82, 2.24) is 5.32 Å². The highest BCUT2D eigenvalue weighted by Crippen LogP contribution is 2.21. The Labute approximate surface area is 110 Å². The maximum absolute atomic E-state index is 12.0. The monoisotopic (exact) mass is 267 g/mol. The van der Waals surface area contributed by atoms with Crippen LogP contribution in [0.1, 0.15) is 71.6 Å². The lowest BCUT2D eigenvalue weighted by Gasteiger charge is -2.15. The van der Waals surface area contributed by atoms with Gasteiger partial charge in [0, 0.05) is 6.04 Å². The summed E-state index contributed by atoms with van der Waals surface area (Å²) in [4.78, 5) is 0. The Morgan fingerprint density at radius 3 is 1.89 bits per heavy atom. The minimum atomic E-state index is -4.05. The molecule has 18 heavy (non-hydrogen) atoms. The van der Waals surface area contributed by atoms with Crippen molar-refractivity contribution in [3.05, 3.63) is 0 Å². The molecule has 110 valence electrons. The number of hydrogen-bond acceptors (Lipinski definition) is 1. The first-order chi connectivity index (χ1) is 8.45. The van der Waals surface area contributed by atoms with Gasteiger partial charge in [-0.2, -0.15) is 13.2 Å². The zero-order valence-electron chi connectivity index (χ0n) is 11.8. The number of halogens is 3. The van der Waals surface area contributed by atoms with Crippen LogP contribution in [0.3, 0.4) is 0 Å². The van der Waals surface area contributed by atoms with E-state index in [1.54, 1.807) is 6.92 Å². The van der Waals surface area contributed by atoms with Gasteiger partial charge in [0.15, 0.2) is 0 Å². The first-order valence-electron chi connectivity index (χ1n) is 7.26. The maximum Gasteiger partial charge on any atom is 0.390 e. The maximum atomic E-state index is 12.0. The van der Waals surface area contributed by atoms with Crippen LogP contribution < -0.4 is 5.32 Å². The molecule has 1 N–H and O–H groups in total. The predicted molar refractivity (Wildman–Crippen MR) is 70.7 cm³/mol. The van der Waals surface area contributed by atoms with Crippen LogP contribution in [-0.4, -0.2) is 18.8 Å². The molecule has 1 atom stereocenters. The summed E-state index contributed by atoms with van der Waals surface area (Å²) in [5, 5.41) is 2.93. The van der Waals surface area contributed by atoms with E-state index in [1.165, 1.54) is 38.5 Å². The van der Waals surface area contributed by atoms with Gasteiger partial charge in [0.1, 0.15) is 0 Å². The number of unbranched alkanes of at least 4 members (excludes halogenated alkanes) is 7. The highest BCUT2D eigenvalue weighted by Gasteiger charge is 2.29. The third kappa shape index (κ3) is 13.8. The SMILES string of the molecule is CCCCCCCCCCNC(C)CC(F)(F)F. The topological polar surface area (TPSA) is 12.0 Å². The van der Waals surface area contributed by atoms with Crippen LogP contribution in [0.15, 0.2) is 0 Å². The molecule has 0 spiro atoms. The van der Waals surface area contributed by atoms with Gasteiger partial charge in [-0.15, -0.1) is 0 Å². The lowest BCUT2D eigenvalue weighted by Crippen LogP contribution is -2.31. The summed E-state index contributed by atoms with van der Waals surface area (Å²) in [7, 11) is 0. The van der Waals surface area contributed by atoms with Crippen LogP contribution in [-0.2, 0) is 0 Å². The second-order valence-corrected chi connectivity index (χ2v) is 5.15. The molecule has 0 heterocycles. The van der Waals surface area contributed by atoms with Gasteiger partial charge in [0.05, 0.1) is 6.42 Å². The number of rotatable bonds is 11. The van der Waals surface area contributed by atoms with Crippen LogP contribution in [0.5, 0.6) is 0 Å². The standard InChI is InChI=1S/C14H28F3N/c1-3-4-5-6-7-8-9-10-11-18-13(2)12-14(15,16)17/h13,18H,3-12H2,1-2H3. The molecule has 0 radical (unpaired) electrons. The van der Waals surface area contributed by atoms with Crippen molar-refractivity contribution in [2.45, 2.75) is 83.9 Å². The van der Waals surface area contributed by atoms with E-state index < -0.39 is 18.6 Å². The lowest BCUT2D eigenvalue weighted by atomic mass is 10.1. The van der Waals surface area contributed by atoms with E-state index >= 15 is 0 Å². The summed E-state index contributed by atoms with van der Waals surface area (Å²) >= 11 is 0. The van der Waals surface area contributed by atoms with Gasteiger partial charge in [0.2, 0.25) is 0 Å². The average molecular weight is 267 g/mol. The first-order valence-corrected chi connectivity index (χ1v) is 7.26. The van der Waals surface area contributed by atoms with Crippen LogP contribution in [0.25, 0.3) is 0 Å². The van der Waals surface area contributed by atoms with Gasteiger partial charge in [-0.25, -0.2) is 0 Å². The summed E-state index contributed by atoms with van der Waals surface area (Å²) < 4.78 is 36.1. The smallest absolute Gasteiger partial charge is 0.314 e. The van der Waals surface area contributed by atoms with Gasteiger partial charge >= 0.3 is 6.18 Å².